The lowest BCUT2D eigenvalue weighted by molar-refractivity contribution is 0.0597. The number of para-hydroxylation sites is 1. The molecule has 0 amide bonds. The summed E-state index contributed by atoms with van der Waals surface area (Å²) in [5, 5.41) is 0. The first-order chi connectivity index (χ1) is 11.2. The average Bonchev–Trinajstić information content (AvgIpc) is 2.62. The Bertz CT molecular complexity index is 624. The number of benzene rings is 1. The van der Waals surface area contributed by atoms with Crippen LogP contribution in [-0.2, 0) is 4.74 Å². The van der Waals surface area contributed by atoms with Crippen molar-refractivity contribution in [1.82, 2.24) is 9.97 Å². The molecule has 7 nitrogen and oxygen atoms in total. The van der Waals surface area contributed by atoms with E-state index in [0.29, 0.717) is 0 Å². The van der Waals surface area contributed by atoms with Crippen LogP contribution >= 0.6 is 0 Å². The molecule has 0 unspecified atom stereocenters. The number of aromatic nitrogens is 2. The minimum atomic E-state index is -0.513. The molecular weight excluding hydrogens is 300 g/mol. The van der Waals surface area contributed by atoms with E-state index in [0.717, 1.165) is 0 Å². The second kappa shape index (κ2) is 9.24. The third kappa shape index (κ3) is 4.84. The molecule has 2 rings (SSSR count). The summed E-state index contributed by atoms with van der Waals surface area (Å²) in [5.41, 5.74) is 0.269. The fraction of sp³-hybridized carbons (Fsp3) is 0.312. The maximum absolute atomic E-state index is 11.7. The van der Waals surface area contributed by atoms with Gasteiger partial charge in [0.25, 0.3) is 0 Å². The van der Waals surface area contributed by atoms with E-state index < -0.39 is 5.97 Å². The van der Waals surface area contributed by atoms with Crippen LogP contribution in [-0.4, -0.2) is 37.3 Å². The Morgan fingerprint density at radius 1 is 0.957 bits per heavy atom. The average molecular weight is 320 g/mol. The first-order valence-electron chi connectivity index (χ1n) is 7.00. The standard InChI is InChI=1S/C14H14N2O5.C2H6/c1-18-11-8-12(19-2)16-14(15-11)21-10-7-5-4-6-9(10)13(17)20-3;1-2/h4-8H,1-3H3;1-2H3. The lowest BCUT2D eigenvalue weighted by Crippen LogP contribution is -2.05. The Kier molecular flexibility index (Phi) is 7.32. The van der Waals surface area contributed by atoms with Crippen LogP contribution in [0.15, 0.2) is 30.3 Å². The van der Waals surface area contributed by atoms with Gasteiger partial charge in [0, 0.05) is 0 Å². The number of hydrogen-bond acceptors (Lipinski definition) is 7. The number of methoxy groups -OCH3 is 3. The van der Waals surface area contributed by atoms with E-state index in [4.69, 9.17) is 18.9 Å². The van der Waals surface area contributed by atoms with Crippen molar-refractivity contribution in [3.8, 4) is 23.5 Å². The Hall–Kier alpha value is -2.83. The molecule has 1 aromatic carbocycles. The van der Waals surface area contributed by atoms with Gasteiger partial charge >= 0.3 is 12.0 Å². The van der Waals surface area contributed by atoms with Crippen molar-refractivity contribution in [2.75, 3.05) is 21.3 Å². The molecule has 0 aliphatic heterocycles. The molecular formula is C16H20N2O5. The number of ether oxygens (including phenoxy) is 4. The fourth-order valence-corrected chi connectivity index (χ4v) is 1.57. The summed E-state index contributed by atoms with van der Waals surface area (Å²) in [7, 11) is 4.23. The Morgan fingerprint density at radius 2 is 1.52 bits per heavy atom. The van der Waals surface area contributed by atoms with Gasteiger partial charge in [0.15, 0.2) is 0 Å². The molecule has 0 N–H and O–H groups in total. The van der Waals surface area contributed by atoms with Gasteiger partial charge in [-0.05, 0) is 12.1 Å². The van der Waals surface area contributed by atoms with Crippen molar-refractivity contribution in [1.29, 1.82) is 0 Å². The fourth-order valence-electron chi connectivity index (χ4n) is 1.57. The second-order valence-corrected chi connectivity index (χ2v) is 3.83. The Balaban J connectivity index is 0.00000127. The SMILES string of the molecule is CC.COC(=O)c1ccccc1Oc1nc(OC)cc(OC)n1. The number of esters is 1. The molecule has 1 aromatic heterocycles. The van der Waals surface area contributed by atoms with E-state index in [9.17, 15) is 4.79 Å². The van der Waals surface area contributed by atoms with E-state index in [1.54, 1.807) is 24.3 Å². The minimum Gasteiger partial charge on any atom is -0.481 e. The number of nitrogens with zero attached hydrogens (tertiary/aromatic N) is 2. The lowest BCUT2D eigenvalue weighted by atomic mass is 10.2. The van der Waals surface area contributed by atoms with Gasteiger partial charge in [0.05, 0.1) is 27.4 Å². The largest absolute Gasteiger partial charge is 0.481 e. The van der Waals surface area contributed by atoms with Gasteiger partial charge in [-0.1, -0.05) is 26.0 Å². The van der Waals surface area contributed by atoms with Crippen molar-refractivity contribution in [2.45, 2.75) is 13.8 Å². The van der Waals surface area contributed by atoms with Crippen LogP contribution < -0.4 is 14.2 Å². The van der Waals surface area contributed by atoms with Gasteiger partial charge in [-0.15, -0.1) is 0 Å². The zero-order chi connectivity index (χ0) is 17.2. The summed E-state index contributed by atoms with van der Waals surface area (Å²) < 4.78 is 20.3. The van der Waals surface area contributed by atoms with Gasteiger partial charge in [0.1, 0.15) is 11.3 Å². The second-order valence-electron chi connectivity index (χ2n) is 3.83. The minimum absolute atomic E-state index is 0.00236. The van der Waals surface area contributed by atoms with Crippen LogP contribution in [0.4, 0.5) is 0 Å². The molecule has 0 atom stereocenters. The zero-order valence-electron chi connectivity index (χ0n) is 13.8. The molecule has 0 fully saturated rings. The van der Waals surface area contributed by atoms with E-state index >= 15 is 0 Å². The molecule has 2 aromatic rings. The first kappa shape index (κ1) is 18.2. The molecule has 0 radical (unpaired) electrons. The van der Waals surface area contributed by atoms with Crippen molar-refractivity contribution >= 4 is 5.97 Å². The van der Waals surface area contributed by atoms with Crippen LogP contribution in [0.5, 0.6) is 23.5 Å². The number of hydrogen-bond donors (Lipinski definition) is 0. The van der Waals surface area contributed by atoms with Gasteiger partial charge in [0.2, 0.25) is 11.8 Å². The molecule has 0 saturated carbocycles. The van der Waals surface area contributed by atoms with Crippen LogP contribution in [0.25, 0.3) is 0 Å². The van der Waals surface area contributed by atoms with E-state index in [1.807, 2.05) is 13.8 Å². The summed E-state index contributed by atoms with van der Waals surface area (Å²) in [6, 6.07) is 8.13. The summed E-state index contributed by atoms with van der Waals surface area (Å²) in [4.78, 5) is 19.7. The molecule has 124 valence electrons. The highest BCUT2D eigenvalue weighted by Crippen LogP contribution is 2.26. The maximum atomic E-state index is 11.7. The predicted molar refractivity (Wildman–Crippen MR) is 84.3 cm³/mol. The molecule has 1 heterocycles. The third-order valence-electron chi connectivity index (χ3n) is 2.57. The quantitative estimate of drug-likeness (QED) is 0.783. The van der Waals surface area contributed by atoms with E-state index in [2.05, 4.69) is 9.97 Å². The highest BCUT2D eigenvalue weighted by atomic mass is 16.5. The van der Waals surface area contributed by atoms with Crippen LogP contribution in [0, 0.1) is 0 Å². The van der Waals surface area contributed by atoms with Gasteiger partial charge in [-0.25, -0.2) is 4.79 Å². The van der Waals surface area contributed by atoms with Crippen molar-refractivity contribution in [3.05, 3.63) is 35.9 Å². The smallest absolute Gasteiger partial charge is 0.341 e. The monoisotopic (exact) mass is 320 g/mol. The molecule has 23 heavy (non-hydrogen) atoms. The molecule has 0 spiro atoms. The third-order valence-corrected chi connectivity index (χ3v) is 2.57. The first-order valence-corrected chi connectivity index (χ1v) is 7.00. The van der Waals surface area contributed by atoms with E-state index in [1.165, 1.54) is 27.4 Å². The van der Waals surface area contributed by atoms with Gasteiger partial charge < -0.3 is 18.9 Å². The molecule has 7 heteroatoms. The van der Waals surface area contributed by atoms with Gasteiger partial charge in [-0.3, -0.25) is 0 Å². The zero-order valence-corrected chi connectivity index (χ0v) is 13.8. The lowest BCUT2D eigenvalue weighted by Gasteiger charge is -2.10. The van der Waals surface area contributed by atoms with Crippen LogP contribution in [0.3, 0.4) is 0 Å². The van der Waals surface area contributed by atoms with Crippen LogP contribution in [0.2, 0.25) is 0 Å². The van der Waals surface area contributed by atoms with E-state index in [-0.39, 0.29) is 29.1 Å². The Morgan fingerprint density at radius 3 is 2.04 bits per heavy atom. The maximum Gasteiger partial charge on any atom is 0.341 e. The Labute approximate surface area is 135 Å². The predicted octanol–water partition coefficient (Wildman–Crippen LogP) is 3.10. The summed E-state index contributed by atoms with van der Waals surface area (Å²) in [5.74, 6) is 0.333. The van der Waals surface area contributed by atoms with Crippen LogP contribution in [0.1, 0.15) is 24.2 Å². The number of rotatable bonds is 5. The number of carbonyl (C=O) groups excluding carboxylic acids is 1. The normalized spacial score (nSPS) is 9.26. The molecule has 0 saturated heterocycles. The molecule has 0 aliphatic rings. The summed E-state index contributed by atoms with van der Waals surface area (Å²) in [6.07, 6.45) is 0. The topological polar surface area (TPSA) is 79.8 Å². The highest BCUT2D eigenvalue weighted by Gasteiger charge is 2.15. The molecule has 0 bridgehead atoms. The number of carbonyl (C=O) groups is 1. The summed E-state index contributed by atoms with van der Waals surface area (Å²) in [6.45, 7) is 4.00. The van der Waals surface area contributed by atoms with Crippen molar-refractivity contribution in [3.63, 3.8) is 0 Å². The van der Waals surface area contributed by atoms with Crippen molar-refractivity contribution < 1.29 is 23.7 Å². The molecule has 0 aliphatic carbocycles. The highest BCUT2D eigenvalue weighted by molar-refractivity contribution is 5.92. The van der Waals surface area contributed by atoms with Gasteiger partial charge in [-0.2, -0.15) is 9.97 Å². The summed E-state index contributed by atoms with van der Waals surface area (Å²) >= 11 is 0. The van der Waals surface area contributed by atoms with Crippen molar-refractivity contribution in [2.24, 2.45) is 0 Å².